The van der Waals surface area contributed by atoms with E-state index in [0.29, 0.717) is 18.7 Å². The average molecular weight is 390 g/mol. The van der Waals surface area contributed by atoms with Crippen molar-refractivity contribution in [1.29, 1.82) is 0 Å². The number of carbonyl (C=O) groups is 1. The highest BCUT2D eigenvalue weighted by atomic mass is 32.1. The topological polar surface area (TPSA) is 85.0 Å². The van der Waals surface area contributed by atoms with Crippen LogP contribution in [-0.2, 0) is 11.2 Å². The number of aromatic nitrogens is 4. The maximum atomic E-state index is 12.7. The summed E-state index contributed by atoms with van der Waals surface area (Å²) in [6.07, 6.45) is 2.31. The van der Waals surface area contributed by atoms with Crippen molar-refractivity contribution in [3.63, 3.8) is 0 Å². The van der Waals surface area contributed by atoms with Gasteiger partial charge in [0.15, 0.2) is 5.76 Å². The normalized spacial score (nSPS) is 17.6. The van der Waals surface area contributed by atoms with Gasteiger partial charge in [0.2, 0.25) is 5.91 Å². The second-order valence-corrected chi connectivity index (χ2v) is 8.35. The van der Waals surface area contributed by atoms with Crippen molar-refractivity contribution >= 4 is 28.8 Å². The average Bonchev–Trinajstić information content (AvgIpc) is 3.36. The first-order chi connectivity index (χ1) is 12.6. The number of likely N-dealkylation sites (tertiary alicyclic amines) is 1. The van der Waals surface area contributed by atoms with E-state index in [0.717, 1.165) is 46.4 Å². The van der Waals surface area contributed by atoms with Crippen molar-refractivity contribution in [2.24, 2.45) is 0 Å². The lowest BCUT2D eigenvalue weighted by molar-refractivity contribution is -0.131. The third-order valence-corrected chi connectivity index (χ3v) is 6.10. The molecular formula is C17H19N5O2S2. The molecule has 0 spiro atoms. The van der Waals surface area contributed by atoms with Gasteiger partial charge in [-0.25, -0.2) is 4.98 Å². The smallest absolute Gasteiger partial charge is 0.228 e. The monoisotopic (exact) mass is 389 g/mol. The minimum absolute atomic E-state index is 0.125. The summed E-state index contributed by atoms with van der Waals surface area (Å²) in [6, 6.07) is 1.90. The minimum atomic E-state index is 0.125. The van der Waals surface area contributed by atoms with Crippen LogP contribution in [0, 0.1) is 13.8 Å². The van der Waals surface area contributed by atoms with E-state index in [2.05, 4.69) is 19.7 Å². The molecule has 0 unspecified atom stereocenters. The van der Waals surface area contributed by atoms with Gasteiger partial charge in [0.25, 0.3) is 0 Å². The fourth-order valence-electron chi connectivity index (χ4n) is 3.29. The van der Waals surface area contributed by atoms with Crippen LogP contribution in [0.25, 0.3) is 10.6 Å². The van der Waals surface area contributed by atoms with Gasteiger partial charge < -0.3 is 9.42 Å². The standard InChI is InChI=1S/C17H19N5O2S2/c1-10-6-14(24-20-10)17-16(19-21-26-17)12-4-3-5-22(8-12)15(23)7-13-9-25-11(2)18-13/h6,9,12H,3-5,7-8H2,1-2H3/t12-/m0/s1. The Morgan fingerprint density at radius 2 is 2.31 bits per heavy atom. The van der Waals surface area contributed by atoms with E-state index >= 15 is 0 Å². The summed E-state index contributed by atoms with van der Waals surface area (Å²) in [5.41, 5.74) is 2.60. The Labute approximate surface area is 159 Å². The highest BCUT2D eigenvalue weighted by Crippen LogP contribution is 2.35. The first-order valence-electron chi connectivity index (χ1n) is 8.55. The van der Waals surface area contributed by atoms with Gasteiger partial charge in [-0.2, -0.15) is 0 Å². The quantitative estimate of drug-likeness (QED) is 0.681. The summed E-state index contributed by atoms with van der Waals surface area (Å²) < 4.78 is 9.50. The van der Waals surface area contributed by atoms with Gasteiger partial charge in [0.05, 0.1) is 28.5 Å². The predicted octanol–water partition coefficient (Wildman–Crippen LogP) is 3.22. The van der Waals surface area contributed by atoms with E-state index in [9.17, 15) is 4.79 Å². The Balaban J connectivity index is 1.49. The van der Waals surface area contributed by atoms with Crippen LogP contribution in [0.1, 0.15) is 40.8 Å². The highest BCUT2D eigenvalue weighted by Gasteiger charge is 2.30. The summed E-state index contributed by atoms with van der Waals surface area (Å²) >= 11 is 2.90. The second-order valence-electron chi connectivity index (χ2n) is 6.53. The molecule has 1 amide bonds. The molecule has 1 saturated heterocycles. The molecule has 0 bridgehead atoms. The minimum Gasteiger partial charge on any atom is -0.355 e. The molecule has 0 radical (unpaired) electrons. The SMILES string of the molecule is Cc1cc(-c2snnc2[C@H]2CCCN(C(=O)Cc3csc(C)n3)C2)on1. The molecule has 9 heteroatoms. The summed E-state index contributed by atoms with van der Waals surface area (Å²) in [4.78, 5) is 19.9. The number of aryl methyl sites for hydroxylation is 2. The van der Waals surface area contributed by atoms with Gasteiger partial charge in [0.1, 0.15) is 4.88 Å². The summed E-state index contributed by atoms with van der Waals surface area (Å²) in [6.45, 7) is 5.29. The number of thiazole rings is 1. The maximum Gasteiger partial charge on any atom is 0.228 e. The molecule has 4 heterocycles. The fourth-order valence-corrected chi connectivity index (χ4v) is 4.60. The molecule has 0 aliphatic carbocycles. The zero-order valence-electron chi connectivity index (χ0n) is 14.6. The third-order valence-electron chi connectivity index (χ3n) is 4.52. The zero-order chi connectivity index (χ0) is 18.1. The van der Waals surface area contributed by atoms with E-state index in [1.165, 1.54) is 11.5 Å². The lowest BCUT2D eigenvalue weighted by atomic mass is 9.93. The van der Waals surface area contributed by atoms with Crippen LogP contribution in [0.15, 0.2) is 16.0 Å². The molecule has 1 fully saturated rings. The molecule has 1 aliphatic rings. The first kappa shape index (κ1) is 17.3. The Kier molecular flexibility index (Phi) is 4.82. The van der Waals surface area contributed by atoms with E-state index in [4.69, 9.17) is 4.52 Å². The Morgan fingerprint density at radius 1 is 1.42 bits per heavy atom. The van der Waals surface area contributed by atoms with E-state index < -0.39 is 0 Å². The molecule has 0 N–H and O–H groups in total. The van der Waals surface area contributed by atoms with Gasteiger partial charge >= 0.3 is 0 Å². The highest BCUT2D eigenvalue weighted by molar-refractivity contribution is 7.09. The van der Waals surface area contributed by atoms with E-state index in [-0.39, 0.29) is 11.8 Å². The molecule has 1 atom stereocenters. The molecule has 0 aromatic carbocycles. The Morgan fingerprint density at radius 3 is 3.04 bits per heavy atom. The van der Waals surface area contributed by atoms with Crippen molar-refractivity contribution in [3.05, 3.63) is 33.5 Å². The van der Waals surface area contributed by atoms with Crippen LogP contribution < -0.4 is 0 Å². The number of nitrogens with zero attached hydrogens (tertiary/aromatic N) is 5. The van der Waals surface area contributed by atoms with Crippen LogP contribution in [0.5, 0.6) is 0 Å². The van der Waals surface area contributed by atoms with Crippen molar-refractivity contribution in [2.75, 3.05) is 13.1 Å². The molecule has 1 aliphatic heterocycles. The number of hydrogen-bond donors (Lipinski definition) is 0. The number of rotatable bonds is 4. The molecule has 26 heavy (non-hydrogen) atoms. The van der Waals surface area contributed by atoms with Crippen molar-refractivity contribution in [1.82, 2.24) is 24.6 Å². The molecule has 7 nitrogen and oxygen atoms in total. The van der Waals surface area contributed by atoms with Crippen molar-refractivity contribution in [3.8, 4) is 10.6 Å². The van der Waals surface area contributed by atoms with E-state index in [1.54, 1.807) is 11.3 Å². The molecular weight excluding hydrogens is 370 g/mol. The predicted molar refractivity (Wildman–Crippen MR) is 99.3 cm³/mol. The van der Waals surface area contributed by atoms with Gasteiger partial charge in [-0.3, -0.25) is 4.79 Å². The lowest BCUT2D eigenvalue weighted by Gasteiger charge is -2.32. The summed E-state index contributed by atoms with van der Waals surface area (Å²) in [5.74, 6) is 0.998. The third kappa shape index (κ3) is 3.54. The first-order valence-corrected chi connectivity index (χ1v) is 10.2. The fraction of sp³-hybridized carbons (Fsp3) is 0.471. The van der Waals surface area contributed by atoms with Crippen LogP contribution in [-0.4, -0.2) is 43.6 Å². The number of carbonyl (C=O) groups excluding carboxylic acids is 1. The summed E-state index contributed by atoms with van der Waals surface area (Å²) in [5, 5.41) is 11.2. The zero-order valence-corrected chi connectivity index (χ0v) is 16.3. The van der Waals surface area contributed by atoms with Crippen molar-refractivity contribution < 1.29 is 9.32 Å². The number of amides is 1. The van der Waals surface area contributed by atoms with Gasteiger partial charge in [-0.05, 0) is 38.2 Å². The van der Waals surface area contributed by atoms with Crippen LogP contribution >= 0.6 is 22.9 Å². The summed E-state index contributed by atoms with van der Waals surface area (Å²) in [7, 11) is 0. The lowest BCUT2D eigenvalue weighted by Crippen LogP contribution is -2.40. The van der Waals surface area contributed by atoms with Crippen LogP contribution in [0.4, 0.5) is 0 Å². The van der Waals surface area contributed by atoms with Gasteiger partial charge in [-0.1, -0.05) is 9.64 Å². The van der Waals surface area contributed by atoms with Crippen molar-refractivity contribution in [2.45, 2.75) is 39.0 Å². The molecule has 3 aromatic rings. The Hall–Kier alpha value is -2.13. The molecule has 3 aromatic heterocycles. The second kappa shape index (κ2) is 7.24. The molecule has 0 saturated carbocycles. The maximum absolute atomic E-state index is 12.7. The molecule has 136 valence electrons. The molecule has 4 rings (SSSR count). The van der Waals surface area contributed by atoms with Crippen LogP contribution in [0.2, 0.25) is 0 Å². The largest absolute Gasteiger partial charge is 0.355 e. The Bertz CT molecular complexity index is 916. The number of hydrogen-bond acceptors (Lipinski definition) is 8. The van der Waals surface area contributed by atoms with Gasteiger partial charge in [-0.15, -0.1) is 16.4 Å². The van der Waals surface area contributed by atoms with Gasteiger partial charge in [0, 0.05) is 30.5 Å². The van der Waals surface area contributed by atoms with Crippen LogP contribution in [0.3, 0.4) is 0 Å². The van der Waals surface area contributed by atoms with E-state index in [1.807, 2.05) is 30.2 Å². The number of piperidine rings is 1.